The van der Waals surface area contributed by atoms with E-state index in [0.717, 1.165) is 43.7 Å². The lowest BCUT2D eigenvalue weighted by Crippen LogP contribution is -2.41. The number of benzene rings is 1. The molecule has 2 aromatic rings. The molecule has 1 aliphatic heterocycles. The summed E-state index contributed by atoms with van der Waals surface area (Å²) in [5.41, 5.74) is 1.10. The highest BCUT2D eigenvalue weighted by Gasteiger charge is 2.27. The van der Waals surface area contributed by atoms with Gasteiger partial charge in [0.25, 0.3) is 0 Å². The first-order chi connectivity index (χ1) is 11.1. The second kappa shape index (κ2) is 6.94. The number of carbonyl (C=O) groups is 1. The van der Waals surface area contributed by atoms with Gasteiger partial charge in [0.1, 0.15) is 12.2 Å². The maximum Gasteiger partial charge on any atom is 0.229 e. The molecule has 5 heteroatoms. The molecule has 0 spiro atoms. The number of hydrogen-bond donors (Lipinski definition) is 0. The molecule has 3 rings (SSSR count). The molecule has 122 valence electrons. The lowest BCUT2D eigenvalue weighted by Gasteiger charge is -2.33. The van der Waals surface area contributed by atoms with Crippen molar-refractivity contribution in [1.82, 2.24) is 19.7 Å². The molecular formula is C18H24N4O. The Morgan fingerprint density at radius 2 is 1.96 bits per heavy atom. The Hall–Kier alpha value is -2.17. The molecule has 2 heterocycles. The van der Waals surface area contributed by atoms with E-state index in [4.69, 9.17) is 0 Å². The Bertz CT molecular complexity index is 644. The highest BCUT2D eigenvalue weighted by molar-refractivity contribution is 5.83. The third-order valence-corrected chi connectivity index (χ3v) is 4.87. The minimum Gasteiger partial charge on any atom is -0.342 e. The summed E-state index contributed by atoms with van der Waals surface area (Å²) in [4.78, 5) is 14.7. The molecule has 0 aliphatic carbocycles. The molecule has 1 aromatic carbocycles. The molecule has 1 aromatic heterocycles. The largest absolute Gasteiger partial charge is 0.342 e. The number of carbonyl (C=O) groups excluding carboxylic acids is 1. The lowest BCUT2D eigenvalue weighted by molar-refractivity contribution is -0.133. The highest BCUT2D eigenvalue weighted by Crippen LogP contribution is 2.24. The van der Waals surface area contributed by atoms with E-state index in [-0.39, 0.29) is 11.8 Å². The predicted octanol–water partition coefficient (Wildman–Crippen LogP) is 2.40. The minimum atomic E-state index is -0.0634. The van der Waals surface area contributed by atoms with Crippen LogP contribution < -0.4 is 0 Å². The summed E-state index contributed by atoms with van der Waals surface area (Å²) in [5, 5.41) is 8.10. The Kier molecular flexibility index (Phi) is 4.74. The van der Waals surface area contributed by atoms with Crippen LogP contribution in [0.25, 0.3) is 0 Å². The quantitative estimate of drug-likeness (QED) is 0.871. The number of nitrogens with zero attached hydrogens (tertiary/aromatic N) is 4. The average Bonchev–Trinajstić information content (AvgIpc) is 3.00. The first-order valence-electron chi connectivity index (χ1n) is 8.31. The highest BCUT2D eigenvalue weighted by atomic mass is 16.2. The molecule has 0 saturated carbocycles. The summed E-state index contributed by atoms with van der Waals surface area (Å²) in [6, 6.07) is 10.0. The van der Waals surface area contributed by atoms with Crippen molar-refractivity contribution in [2.24, 2.45) is 13.0 Å². The summed E-state index contributed by atoms with van der Waals surface area (Å²) in [6.07, 6.45) is 4.78. The SMILES string of the molecule is CC(C(=O)N1CCC(Cc2nncn2C)CC1)c1ccccc1. The maximum absolute atomic E-state index is 12.7. The van der Waals surface area contributed by atoms with E-state index in [1.807, 2.05) is 53.8 Å². The van der Waals surface area contributed by atoms with Gasteiger partial charge >= 0.3 is 0 Å². The molecule has 1 saturated heterocycles. The van der Waals surface area contributed by atoms with E-state index in [0.29, 0.717) is 5.92 Å². The van der Waals surface area contributed by atoms with Crippen molar-refractivity contribution in [3.05, 3.63) is 48.0 Å². The second-order valence-electron chi connectivity index (χ2n) is 6.46. The van der Waals surface area contributed by atoms with Crippen LogP contribution in [0.1, 0.15) is 37.1 Å². The van der Waals surface area contributed by atoms with Gasteiger partial charge in [0.15, 0.2) is 0 Å². The van der Waals surface area contributed by atoms with Crippen molar-refractivity contribution in [2.75, 3.05) is 13.1 Å². The predicted molar refractivity (Wildman–Crippen MR) is 88.9 cm³/mol. The molecule has 23 heavy (non-hydrogen) atoms. The average molecular weight is 312 g/mol. The zero-order valence-corrected chi connectivity index (χ0v) is 13.9. The van der Waals surface area contributed by atoms with Crippen molar-refractivity contribution < 1.29 is 4.79 Å². The van der Waals surface area contributed by atoms with Gasteiger partial charge in [-0.25, -0.2) is 0 Å². The van der Waals surface area contributed by atoms with Gasteiger partial charge in [-0.05, 0) is 31.2 Å². The Morgan fingerprint density at radius 3 is 2.57 bits per heavy atom. The second-order valence-corrected chi connectivity index (χ2v) is 6.46. The number of amides is 1. The van der Waals surface area contributed by atoms with Crippen LogP contribution in [0.2, 0.25) is 0 Å². The van der Waals surface area contributed by atoms with Crippen LogP contribution >= 0.6 is 0 Å². The van der Waals surface area contributed by atoms with Gasteiger partial charge in [0.2, 0.25) is 5.91 Å². The first kappa shape index (κ1) is 15.7. The monoisotopic (exact) mass is 312 g/mol. The summed E-state index contributed by atoms with van der Waals surface area (Å²) >= 11 is 0. The third-order valence-electron chi connectivity index (χ3n) is 4.87. The summed E-state index contributed by atoms with van der Waals surface area (Å²) in [5.74, 6) is 1.81. The van der Waals surface area contributed by atoms with Crippen LogP contribution in [-0.2, 0) is 18.3 Å². The Labute approximate surface area is 137 Å². The number of aryl methyl sites for hydroxylation is 1. The minimum absolute atomic E-state index is 0.0634. The zero-order chi connectivity index (χ0) is 16.2. The molecule has 1 amide bonds. The fourth-order valence-electron chi connectivity index (χ4n) is 3.27. The zero-order valence-electron chi connectivity index (χ0n) is 13.9. The van der Waals surface area contributed by atoms with Crippen molar-refractivity contribution in [3.63, 3.8) is 0 Å². The standard InChI is InChI=1S/C18H24N4O/c1-14(16-6-4-3-5-7-16)18(23)22-10-8-15(9-11-22)12-17-20-19-13-21(17)2/h3-7,13-15H,8-12H2,1-2H3. The maximum atomic E-state index is 12.7. The molecule has 0 N–H and O–H groups in total. The van der Waals surface area contributed by atoms with E-state index in [9.17, 15) is 4.79 Å². The fraction of sp³-hybridized carbons (Fsp3) is 0.500. The van der Waals surface area contributed by atoms with Crippen molar-refractivity contribution in [2.45, 2.75) is 32.1 Å². The summed E-state index contributed by atoms with van der Waals surface area (Å²) < 4.78 is 1.98. The first-order valence-corrected chi connectivity index (χ1v) is 8.31. The molecule has 1 atom stereocenters. The van der Waals surface area contributed by atoms with E-state index in [1.54, 1.807) is 6.33 Å². The van der Waals surface area contributed by atoms with Gasteiger partial charge in [-0.3, -0.25) is 4.79 Å². The number of likely N-dealkylation sites (tertiary alicyclic amines) is 1. The van der Waals surface area contributed by atoms with Crippen LogP contribution in [-0.4, -0.2) is 38.7 Å². The molecule has 0 radical (unpaired) electrons. The fourth-order valence-corrected chi connectivity index (χ4v) is 3.27. The van der Waals surface area contributed by atoms with Crippen molar-refractivity contribution >= 4 is 5.91 Å². The van der Waals surface area contributed by atoms with E-state index in [1.165, 1.54) is 0 Å². The number of piperidine rings is 1. The van der Waals surface area contributed by atoms with Gasteiger partial charge in [-0.1, -0.05) is 30.3 Å². The van der Waals surface area contributed by atoms with Crippen LogP contribution in [0.5, 0.6) is 0 Å². The number of hydrogen-bond acceptors (Lipinski definition) is 3. The Morgan fingerprint density at radius 1 is 1.26 bits per heavy atom. The van der Waals surface area contributed by atoms with E-state index in [2.05, 4.69) is 10.2 Å². The molecule has 5 nitrogen and oxygen atoms in total. The van der Waals surface area contributed by atoms with Gasteiger partial charge in [0, 0.05) is 26.6 Å². The van der Waals surface area contributed by atoms with Crippen LogP contribution in [0.3, 0.4) is 0 Å². The normalized spacial score (nSPS) is 17.2. The Balaban J connectivity index is 1.54. The molecule has 1 fully saturated rings. The topological polar surface area (TPSA) is 51.0 Å². The summed E-state index contributed by atoms with van der Waals surface area (Å²) in [6.45, 7) is 3.69. The third kappa shape index (κ3) is 3.60. The van der Waals surface area contributed by atoms with E-state index < -0.39 is 0 Å². The van der Waals surface area contributed by atoms with Crippen LogP contribution in [0.15, 0.2) is 36.7 Å². The van der Waals surface area contributed by atoms with Crippen LogP contribution in [0, 0.1) is 5.92 Å². The number of rotatable bonds is 4. The molecule has 1 unspecified atom stereocenters. The van der Waals surface area contributed by atoms with Gasteiger partial charge in [-0.15, -0.1) is 10.2 Å². The van der Waals surface area contributed by atoms with E-state index >= 15 is 0 Å². The molecular weight excluding hydrogens is 288 g/mol. The van der Waals surface area contributed by atoms with Gasteiger partial charge in [0.05, 0.1) is 5.92 Å². The van der Waals surface area contributed by atoms with Crippen molar-refractivity contribution in [3.8, 4) is 0 Å². The van der Waals surface area contributed by atoms with Gasteiger partial charge < -0.3 is 9.47 Å². The molecule has 1 aliphatic rings. The molecule has 0 bridgehead atoms. The van der Waals surface area contributed by atoms with Crippen LogP contribution in [0.4, 0.5) is 0 Å². The number of aromatic nitrogens is 3. The lowest BCUT2D eigenvalue weighted by atomic mass is 9.91. The van der Waals surface area contributed by atoms with Crippen molar-refractivity contribution in [1.29, 1.82) is 0 Å². The smallest absolute Gasteiger partial charge is 0.229 e. The van der Waals surface area contributed by atoms with Gasteiger partial charge in [-0.2, -0.15) is 0 Å². The summed E-state index contributed by atoms with van der Waals surface area (Å²) in [7, 11) is 1.98.